The minimum Gasteiger partial charge on any atom is -0.319 e. The first-order chi connectivity index (χ1) is 12.9. The predicted molar refractivity (Wildman–Crippen MR) is 105 cm³/mol. The largest absolute Gasteiger partial charge is 0.329 e. The van der Waals surface area contributed by atoms with E-state index in [0.29, 0.717) is 13.1 Å². The molecule has 1 aliphatic rings. The van der Waals surface area contributed by atoms with Crippen molar-refractivity contribution in [2.24, 2.45) is 0 Å². The number of rotatable bonds is 6. The highest BCUT2D eigenvalue weighted by Gasteiger charge is 2.52. The third-order valence-corrected chi connectivity index (χ3v) is 5.39. The Labute approximate surface area is 161 Å². The van der Waals surface area contributed by atoms with Gasteiger partial charge in [-0.15, -0.1) is 0 Å². The van der Waals surface area contributed by atoms with Crippen LogP contribution in [0.3, 0.4) is 0 Å². The van der Waals surface area contributed by atoms with Crippen LogP contribution in [0.15, 0.2) is 48.5 Å². The number of imide groups is 1. The predicted octanol–water partition coefficient (Wildman–Crippen LogP) is 2.13. The van der Waals surface area contributed by atoms with E-state index in [1.165, 1.54) is 21.6 Å². The lowest BCUT2D eigenvalue weighted by atomic mass is 9.87. The van der Waals surface area contributed by atoms with Gasteiger partial charge in [-0.1, -0.05) is 61.0 Å². The topological polar surface area (TPSA) is 53.9 Å². The number of hydrogen-bond acceptors (Lipinski definition) is 2. The van der Waals surface area contributed by atoms with Gasteiger partial charge in [0, 0.05) is 5.56 Å². The zero-order chi connectivity index (χ0) is 19.6. The normalized spacial score (nSPS) is 20.7. The van der Waals surface area contributed by atoms with Gasteiger partial charge in [-0.05, 0) is 31.4 Å². The average molecular weight is 366 g/mol. The van der Waals surface area contributed by atoms with Crippen molar-refractivity contribution < 1.29 is 14.5 Å². The van der Waals surface area contributed by atoms with Crippen LogP contribution in [-0.4, -0.2) is 30.6 Å². The van der Waals surface area contributed by atoms with Crippen LogP contribution in [0.1, 0.15) is 35.6 Å². The fourth-order valence-corrected chi connectivity index (χ4v) is 3.83. The molecule has 1 saturated heterocycles. The second-order valence-electron chi connectivity index (χ2n) is 7.51. The third kappa shape index (κ3) is 3.60. The van der Waals surface area contributed by atoms with E-state index in [-0.39, 0.29) is 11.9 Å². The van der Waals surface area contributed by atoms with Crippen LogP contribution in [0.5, 0.6) is 0 Å². The van der Waals surface area contributed by atoms with Crippen LogP contribution in [0.25, 0.3) is 0 Å². The molecule has 2 aromatic rings. The van der Waals surface area contributed by atoms with Crippen molar-refractivity contribution in [3.05, 3.63) is 70.8 Å². The van der Waals surface area contributed by atoms with E-state index in [9.17, 15) is 9.59 Å². The summed E-state index contributed by atoms with van der Waals surface area (Å²) in [7, 11) is 2.01. The summed E-state index contributed by atoms with van der Waals surface area (Å²) >= 11 is 0. The van der Waals surface area contributed by atoms with Crippen molar-refractivity contribution >= 4 is 11.9 Å². The second-order valence-corrected chi connectivity index (χ2v) is 7.51. The molecule has 2 N–H and O–H groups in total. The van der Waals surface area contributed by atoms with E-state index >= 15 is 0 Å². The molecule has 3 amide bonds. The number of urea groups is 1. The molecule has 142 valence electrons. The maximum absolute atomic E-state index is 13.2. The molecular formula is C22H28N3O2+. The van der Waals surface area contributed by atoms with Gasteiger partial charge in [0.05, 0.1) is 7.05 Å². The van der Waals surface area contributed by atoms with Crippen LogP contribution < -0.4 is 10.2 Å². The Morgan fingerprint density at radius 1 is 1.07 bits per heavy atom. The lowest BCUT2D eigenvalue weighted by molar-refractivity contribution is -0.901. The Morgan fingerprint density at radius 2 is 1.78 bits per heavy atom. The molecule has 3 rings (SSSR count). The van der Waals surface area contributed by atoms with Gasteiger partial charge in [-0.3, -0.25) is 4.79 Å². The molecule has 0 aliphatic carbocycles. The summed E-state index contributed by atoms with van der Waals surface area (Å²) in [5, 5.41) is 2.95. The Morgan fingerprint density at radius 3 is 2.41 bits per heavy atom. The van der Waals surface area contributed by atoms with E-state index in [4.69, 9.17) is 0 Å². The summed E-state index contributed by atoms with van der Waals surface area (Å²) in [6.45, 7) is 7.20. The third-order valence-electron chi connectivity index (χ3n) is 5.39. The van der Waals surface area contributed by atoms with Crippen LogP contribution in [-0.2, 0) is 16.9 Å². The number of benzene rings is 2. The molecule has 1 heterocycles. The molecule has 1 unspecified atom stereocenters. The summed E-state index contributed by atoms with van der Waals surface area (Å²) in [5.41, 5.74) is 3.57. The molecule has 1 aliphatic heterocycles. The van der Waals surface area contributed by atoms with Gasteiger partial charge < -0.3 is 10.2 Å². The molecule has 2 aromatic carbocycles. The van der Waals surface area contributed by atoms with E-state index in [1.54, 1.807) is 0 Å². The van der Waals surface area contributed by atoms with Crippen LogP contribution >= 0.6 is 0 Å². The average Bonchev–Trinajstić information content (AvgIpc) is 2.90. The Kier molecular flexibility index (Phi) is 5.33. The van der Waals surface area contributed by atoms with Crippen molar-refractivity contribution in [3.8, 4) is 0 Å². The van der Waals surface area contributed by atoms with Crippen LogP contribution in [0.2, 0.25) is 0 Å². The second kappa shape index (κ2) is 7.53. The zero-order valence-electron chi connectivity index (χ0n) is 16.5. The number of carbonyl (C=O) groups is 2. The highest BCUT2D eigenvalue weighted by Crippen LogP contribution is 2.31. The summed E-state index contributed by atoms with van der Waals surface area (Å²) < 4.78 is 0. The standard InChI is InChI=1S/C22H27N3O2/c1-5-22(19-9-7-6-8-10-19)20(26)25(21(27)23-22)15-24(4)14-18-12-11-16(2)13-17(18)3/h6-13H,5,14-15H2,1-4H3,(H,23,27)/p+1/t22-/m1/s1. The van der Waals surface area contributed by atoms with Crippen molar-refractivity contribution in [3.63, 3.8) is 0 Å². The highest BCUT2D eigenvalue weighted by molar-refractivity contribution is 6.07. The molecule has 0 radical (unpaired) electrons. The van der Waals surface area contributed by atoms with Gasteiger partial charge in [-0.25, -0.2) is 9.69 Å². The number of nitrogens with zero attached hydrogens (tertiary/aromatic N) is 1. The lowest BCUT2D eigenvalue weighted by Gasteiger charge is -2.26. The van der Waals surface area contributed by atoms with Crippen molar-refractivity contribution in [1.29, 1.82) is 0 Å². The molecule has 5 heteroatoms. The van der Waals surface area contributed by atoms with Gasteiger partial charge in [-0.2, -0.15) is 0 Å². The number of hydrogen-bond donors (Lipinski definition) is 2. The Hall–Kier alpha value is -2.66. The molecule has 2 atom stereocenters. The van der Waals surface area contributed by atoms with Gasteiger partial charge in [0.1, 0.15) is 12.1 Å². The molecule has 0 spiro atoms. The van der Waals surface area contributed by atoms with E-state index in [2.05, 4.69) is 37.4 Å². The van der Waals surface area contributed by atoms with Crippen molar-refractivity contribution in [2.45, 2.75) is 39.3 Å². The fraction of sp³-hybridized carbons (Fsp3) is 0.364. The first kappa shape index (κ1) is 19.1. The van der Waals surface area contributed by atoms with Crippen molar-refractivity contribution in [2.75, 3.05) is 13.7 Å². The molecule has 0 bridgehead atoms. The van der Waals surface area contributed by atoms with E-state index in [1.807, 2.05) is 44.3 Å². The molecular weight excluding hydrogens is 338 g/mol. The molecule has 5 nitrogen and oxygen atoms in total. The lowest BCUT2D eigenvalue weighted by Crippen LogP contribution is -3.09. The first-order valence-electron chi connectivity index (χ1n) is 9.44. The van der Waals surface area contributed by atoms with Crippen LogP contribution in [0, 0.1) is 13.8 Å². The van der Waals surface area contributed by atoms with Gasteiger partial charge >= 0.3 is 6.03 Å². The zero-order valence-corrected chi connectivity index (χ0v) is 16.5. The maximum Gasteiger partial charge on any atom is 0.329 e. The quantitative estimate of drug-likeness (QED) is 0.770. The number of aryl methyl sites for hydroxylation is 2. The van der Waals surface area contributed by atoms with Gasteiger partial charge in [0.25, 0.3) is 5.91 Å². The van der Waals surface area contributed by atoms with E-state index in [0.717, 1.165) is 17.0 Å². The van der Waals surface area contributed by atoms with Crippen molar-refractivity contribution in [1.82, 2.24) is 10.2 Å². The van der Waals surface area contributed by atoms with Gasteiger partial charge in [0.15, 0.2) is 6.67 Å². The monoisotopic (exact) mass is 366 g/mol. The minimum absolute atomic E-state index is 0.166. The summed E-state index contributed by atoms with van der Waals surface area (Å²) in [4.78, 5) is 28.3. The van der Waals surface area contributed by atoms with Crippen LogP contribution in [0.4, 0.5) is 4.79 Å². The number of nitrogens with one attached hydrogen (secondary N) is 2. The maximum atomic E-state index is 13.2. The Bertz CT molecular complexity index is 850. The smallest absolute Gasteiger partial charge is 0.319 e. The number of quaternary nitrogens is 1. The fourth-order valence-electron chi connectivity index (χ4n) is 3.83. The minimum atomic E-state index is -0.960. The highest BCUT2D eigenvalue weighted by atomic mass is 16.2. The molecule has 1 fully saturated rings. The number of carbonyl (C=O) groups excluding carboxylic acids is 2. The SMILES string of the molecule is CC[C@]1(c2ccccc2)NC(=O)N(C[NH+](C)Cc2ccc(C)cc2C)C1=O. The molecule has 27 heavy (non-hydrogen) atoms. The molecule has 0 saturated carbocycles. The first-order valence-corrected chi connectivity index (χ1v) is 9.44. The summed E-state index contributed by atoms with van der Waals surface area (Å²) in [6, 6.07) is 15.6. The molecule has 0 aromatic heterocycles. The van der Waals surface area contributed by atoms with Gasteiger partial charge in [0.2, 0.25) is 0 Å². The number of amides is 3. The van der Waals surface area contributed by atoms with E-state index < -0.39 is 5.54 Å². The summed E-state index contributed by atoms with van der Waals surface area (Å²) in [5.74, 6) is -0.166. The Balaban J connectivity index is 1.77. The summed E-state index contributed by atoms with van der Waals surface area (Å²) in [6.07, 6.45) is 0.522.